The summed E-state index contributed by atoms with van der Waals surface area (Å²) in [6, 6.07) is 7.00. The SMILES string of the molecule is Cc1csc(C)c1-c1c(-c2ccc(O)cc2)c(Br)n(C)c1C(N)=NO. The molecule has 0 fully saturated rings. The summed E-state index contributed by atoms with van der Waals surface area (Å²) < 4.78 is 2.68. The average molecular weight is 420 g/mol. The molecule has 3 aromatic rings. The van der Waals surface area contributed by atoms with E-state index in [-0.39, 0.29) is 11.6 Å². The minimum absolute atomic E-state index is 0.0493. The molecule has 4 N–H and O–H groups in total. The standard InChI is InChI=1S/C18H18BrN3O2S/c1-9-8-25-10(2)13(9)15-14(11-4-6-12(23)7-5-11)17(19)22(3)16(15)18(20)21-24/h4-8,23-24H,1-3H3,(H2,20,21). The van der Waals surface area contributed by atoms with Crippen molar-refractivity contribution in [1.82, 2.24) is 4.57 Å². The summed E-state index contributed by atoms with van der Waals surface area (Å²) in [5.41, 5.74) is 11.6. The maximum Gasteiger partial charge on any atom is 0.187 e. The van der Waals surface area contributed by atoms with E-state index in [4.69, 9.17) is 5.73 Å². The van der Waals surface area contributed by atoms with Gasteiger partial charge in [-0.05, 0) is 58.4 Å². The number of phenols is 1. The Morgan fingerprint density at radius 3 is 2.32 bits per heavy atom. The summed E-state index contributed by atoms with van der Waals surface area (Å²) >= 11 is 5.32. The number of oxime groups is 1. The molecule has 0 aliphatic rings. The van der Waals surface area contributed by atoms with E-state index in [0.29, 0.717) is 5.69 Å². The quantitative estimate of drug-likeness (QED) is 0.251. The number of aromatic nitrogens is 1. The zero-order valence-corrected chi connectivity index (χ0v) is 16.4. The van der Waals surface area contributed by atoms with Gasteiger partial charge in [-0.1, -0.05) is 17.3 Å². The summed E-state index contributed by atoms with van der Waals surface area (Å²) in [5, 5.41) is 24.2. The number of thiophene rings is 1. The maximum absolute atomic E-state index is 9.61. The molecule has 2 aromatic heterocycles. The summed E-state index contributed by atoms with van der Waals surface area (Å²) in [6.45, 7) is 4.11. The molecule has 0 atom stereocenters. The predicted octanol–water partition coefficient (Wildman–Crippen LogP) is 4.60. The van der Waals surface area contributed by atoms with Crippen LogP contribution in [0.2, 0.25) is 0 Å². The number of nitrogens with two attached hydrogens (primary N) is 1. The van der Waals surface area contributed by atoms with Crippen LogP contribution < -0.4 is 5.73 Å². The maximum atomic E-state index is 9.61. The van der Waals surface area contributed by atoms with E-state index in [9.17, 15) is 10.3 Å². The van der Waals surface area contributed by atoms with E-state index < -0.39 is 0 Å². The van der Waals surface area contributed by atoms with Crippen LogP contribution in [0, 0.1) is 13.8 Å². The van der Waals surface area contributed by atoms with Crippen molar-refractivity contribution >= 4 is 33.1 Å². The molecule has 130 valence electrons. The normalized spacial score (nSPS) is 11.9. The molecule has 0 radical (unpaired) electrons. The molecule has 2 heterocycles. The Balaban J connectivity index is 2.45. The van der Waals surface area contributed by atoms with Gasteiger partial charge in [0.05, 0.1) is 10.3 Å². The average Bonchev–Trinajstić information content (AvgIpc) is 3.05. The predicted molar refractivity (Wildman–Crippen MR) is 106 cm³/mol. The van der Waals surface area contributed by atoms with E-state index in [0.717, 1.165) is 37.3 Å². The zero-order chi connectivity index (χ0) is 18.3. The van der Waals surface area contributed by atoms with Gasteiger partial charge in [0.25, 0.3) is 0 Å². The number of amidine groups is 1. The van der Waals surface area contributed by atoms with Crippen LogP contribution in [0.1, 0.15) is 16.1 Å². The molecule has 0 aliphatic heterocycles. The second-order valence-corrected chi connectivity index (χ2v) is 7.67. The second kappa shape index (κ2) is 6.57. The fourth-order valence-corrected chi connectivity index (χ4v) is 4.54. The lowest BCUT2D eigenvalue weighted by molar-refractivity contribution is 0.318. The van der Waals surface area contributed by atoms with Gasteiger partial charge in [-0.3, -0.25) is 0 Å². The van der Waals surface area contributed by atoms with Crippen molar-refractivity contribution in [2.24, 2.45) is 17.9 Å². The highest BCUT2D eigenvalue weighted by molar-refractivity contribution is 9.10. The Morgan fingerprint density at radius 1 is 1.16 bits per heavy atom. The van der Waals surface area contributed by atoms with E-state index >= 15 is 0 Å². The number of hydrogen-bond acceptors (Lipinski definition) is 4. The Labute approximate surface area is 158 Å². The van der Waals surface area contributed by atoms with Crippen molar-refractivity contribution in [2.75, 3.05) is 0 Å². The fraction of sp³-hybridized carbons (Fsp3) is 0.167. The number of halogens is 1. The molecule has 0 saturated heterocycles. The van der Waals surface area contributed by atoms with Crippen molar-refractivity contribution in [3.8, 4) is 28.0 Å². The first kappa shape index (κ1) is 17.6. The van der Waals surface area contributed by atoms with Crippen molar-refractivity contribution < 1.29 is 10.3 Å². The highest BCUT2D eigenvalue weighted by atomic mass is 79.9. The van der Waals surface area contributed by atoms with Crippen molar-refractivity contribution in [3.05, 3.63) is 50.4 Å². The fourth-order valence-electron chi connectivity index (χ4n) is 3.08. The third-order valence-electron chi connectivity index (χ3n) is 4.24. The zero-order valence-electron chi connectivity index (χ0n) is 14.0. The van der Waals surface area contributed by atoms with Gasteiger partial charge < -0.3 is 20.6 Å². The van der Waals surface area contributed by atoms with Gasteiger partial charge in [0.15, 0.2) is 5.84 Å². The number of aryl methyl sites for hydroxylation is 2. The van der Waals surface area contributed by atoms with Gasteiger partial charge in [-0.2, -0.15) is 0 Å². The lowest BCUT2D eigenvalue weighted by Gasteiger charge is -2.10. The van der Waals surface area contributed by atoms with Gasteiger partial charge >= 0.3 is 0 Å². The molecule has 0 unspecified atom stereocenters. The van der Waals surface area contributed by atoms with Gasteiger partial charge in [0.2, 0.25) is 0 Å². The third-order valence-corrected chi connectivity index (χ3v) is 6.20. The smallest absolute Gasteiger partial charge is 0.187 e. The Kier molecular flexibility index (Phi) is 4.62. The highest BCUT2D eigenvalue weighted by Gasteiger charge is 2.27. The summed E-state index contributed by atoms with van der Waals surface area (Å²) in [6.07, 6.45) is 0. The molecule has 5 nitrogen and oxygen atoms in total. The third kappa shape index (κ3) is 2.83. The second-order valence-electron chi connectivity index (χ2n) is 5.83. The van der Waals surface area contributed by atoms with E-state index in [2.05, 4.69) is 40.3 Å². The lowest BCUT2D eigenvalue weighted by Crippen LogP contribution is -2.18. The minimum Gasteiger partial charge on any atom is -0.508 e. The molecule has 1 aromatic carbocycles. The molecule has 3 rings (SSSR count). The van der Waals surface area contributed by atoms with E-state index in [1.165, 1.54) is 0 Å². The van der Waals surface area contributed by atoms with Gasteiger partial charge in [0.1, 0.15) is 5.75 Å². The first-order valence-corrected chi connectivity index (χ1v) is 9.24. The molecular formula is C18H18BrN3O2S. The Morgan fingerprint density at radius 2 is 1.80 bits per heavy atom. The Hall–Kier alpha value is -2.25. The van der Waals surface area contributed by atoms with Gasteiger partial charge in [-0.15, -0.1) is 11.3 Å². The number of benzene rings is 1. The van der Waals surface area contributed by atoms with Gasteiger partial charge in [-0.25, -0.2) is 0 Å². The summed E-state index contributed by atoms with van der Waals surface area (Å²) in [7, 11) is 1.86. The highest BCUT2D eigenvalue weighted by Crippen LogP contribution is 2.45. The monoisotopic (exact) mass is 419 g/mol. The first-order chi connectivity index (χ1) is 11.9. The Bertz CT molecular complexity index is 952. The number of aromatic hydroxyl groups is 1. The van der Waals surface area contributed by atoms with Gasteiger partial charge in [0, 0.05) is 28.6 Å². The van der Waals surface area contributed by atoms with Crippen LogP contribution in [0.5, 0.6) is 5.75 Å². The molecule has 0 spiro atoms. The van der Waals surface area contributed by atoms with Crippen molar-refractivity contribution in [3.63, 3.8) is 0 Å². The van der Waals surface area contributed by atoms with Crippen molar-refractivity contribution in [2.45, 2.75) is 13.8 Å². The molecule has 25 heavy (non-hydrogen) atoms. The van der Waals surface area contributed by atoms with Crippen LogP contribution in [-0.2, 0) is 7.05 Å². The molecular weight excluding hydrogens is 402 g/mol. The first-order valence-electron chi connectivity index (χ1n) is 7.57. The van der Waals surface area contributed by atoms with Crippen LogP contribution >= 0.6 is 27.3 Å². The number of nitrogens with zero attached hydrogens (tertiary/aromatic N) is 2. The van der Waals surface area contributed by atoms with E-state index in [1.54, 1.807) is 23.5 Å². The lowest BCUT2D eigenvalue weighted by atomic mass is 9.94. The number of rotatable bonds is 3. The van der Waals surface area contributed by atoms with Crippen LogP contribution in [0.4, 0.5) is 0 Å². The van der Waals surface area contributed by atoms with E-state index in [1.807, 2.05) is 23.7 Å². The molecule has 7 heteroatoms. The molecule has 0 bridgehead atoms. The molecule has 0 amide bonds. The molecule has 0 saturated carbocycles. The van der Waals surface area contributed by atoms with Crippen LogP contribution in [-0.4, -0.2) is 20.7 Å². The molecule has 0 aliphatic carbocycles. The summed E-state index contributed by atoms with van der Waals surface area (Å²) in [4.78, 5) is 1.16. The topological polar surface area (TPSA) is 83.8 Å². The minimum atomic E-state index is 0.0493. The van der Waals surface area contributed by atoms with Crippen LogP contribution in [0.15, 0.2) is 39.4 Å². The van der Waals surface area contributed by atoms with Crippen LogP contribution in [0.3, 0.4) is 0 Å². The largest absolute Gasteiger partial charge is 0.508 e. The summed E-state index contributed by atoms with van der Waals surface area (Å²) in [5.74, 6) is 0.255. The van der Waals surface area contributed by atoms with Crippen LogP contribution in [0.25, 0.3) is 22.3 Å². The number of hydrogen-bond donors (Lipinski definition) is 3. The van der Waals surface area contributed by atoms with Crippen molar-refractivity contribution in [1.29, 1.82) is 0 Å². The number of phenolic OH excluding ortho intramolecular Hbond substituents is 1.